The third-order valence-electron chi connectivity index (χ3n) is 4.06. The van der Waals surface area contributed by atoms with Gasteiger partial charge in [0.1, 0.15) is 5.82 Å². The molecule has 7 nitrogen and oxygen atoms in total. The lowest BCUT2D eigenvalue weighted by Gasteiger charge is -2.10. The highest BCUT2D eigenvalue weighted by Gasteiger charge is 2.07. The summed E-state index contributed by atoms with van der Waals surface area (Å²) in [4.78, 5) is 16.6. The van der Waals surface area contributed by atoms with Gasteiger partial charge in [-0.1, -0.05) is 25.1 Å². The van der Waals surface area contributed by atoms with Crippen molar-refractivity contribution in [2.75, 3.05) is 19.0 Å². The molecule has 0 aliphatic carbocycles. The van der Waals surface area contributed by atoms with Crippen molar-refractivity contribution in [2.45, 2.75) is 20.3 Å². The van der Waals surface area contributed by atoms with Crippen LogP contribution in [0.5, 0.6) is 11.5 Å². The van der Waals surface area contributed by atoms with Gasteiger partial charge in [-0.3, -0.25) is 9.89 Å². The van der Waals surface area contributed by atoms with Gasteiger partial charge in [-0.05, 0) is 49.2 Å². The zero-order valence-electron chi connectivity index (χ0n) is 16.7. The Bertz CT molecular complexity index is 1010. The number of carbonyl (C=O) groups is 1. The van der Waals surface area contributed by atoms with Crippen LogP contribution in [0, 0.1) is 6.92 Å². The molecule has 0 radical (unpaired) electrons. The molecule has 1 aromatic heterocycles. The summed E-state index contributed by atoms with van der Waals surface area (Å²) in [7, 11) is 1.59. The minimum absolute atomic E-state index is 0.237. The minimum Gasteiger partial charge on any atom is -0.493 e. The quantitative estimate of drug-likeness (QED) is 0.560. The second-order valence-corrected chi connectivity index (χ2v) is 6.41. The SMILES string of the molecule is CCCOc1ccc(/C=C/C(=O)Nc2cccc(-c3n[nH]c(C)n3)c2)cc1OC. The summed E-state index contributed by atoms with van der Waals surface area (Å²) in [6, 6.07) is 12.9. The zero-order chi connectivity index (χ0) is 20.6. The zero-order valence-corrected chi connectivity index (χ0v) is 16.7. The molecule has 0 aliphatic rings. The molecule has 7 heteroatoms. The summed E-state index contributed by atoms with van der Waals surface area (Å²) in [5, 5.41) is 9.80. The first-order chi connectivity index (χ1) is 14.1. The van der Waals surface area contributed by atoms with Crippen LogP contribution >= 0.6 is 0 Å². The average Bonchev–Trinajstić information content (AvgIpc) is 3.17. The second kappa shape index (κ2) is 9.54. The van der Waals surface area contributed by atoms with Crippen molar-refractivity contribution in [1.82, 2.24) is 15.2 Å². The lowest BCUT2D eigenvalue weighted by Crippen LogP contribution is -2.07. The molecule has 29 heavy (non-hydrogen) atoms. The van der Waals surface area contributed by atoms with Crippen molar-refractivity contribution >= 4 is 17.7 Å². The fraction of sp³-hybridized carbons (Fsp3) is 0.227. The van der Waals surface area contributed by atoms with Gasteiger partial charge < -0.3 is 14.8 Å². The molecular weight excluding hydrogens is 368 g/mol. The summed E-state index contributed by atoms with van der Waals surface area (Å²) in [5.41, 5.74) is 2.33. The molecule has 0 aliphatic heterocycles. The van der Waals surface area contributed by atoms with E-state index in [1.54, 1.807) is 13.2 Å². The van der Waals surface area contributed by atoms with Gasteiger partial charge in [0.15, 0.2) is 17.3 Å². The number of H-pyrrole nitrogens is 1. The number of methoxy groups -OCH3 is 1. The molecule has 2 N–H and O–H groups in total. The Morgan fingerprint density at radius 3 is 2.79 bits per heavy atom. The number of rotatable bonds is 8. The first-order valence-electron chi connectivity index (χ1n) is 9.38. The monoisotopic (exact) mass is 392 g/mol. The fourth-order valence-electron chi connectivity index (χ4n) is 2.68. The number of carbonyl (C=O) groups excluding carboxylic acids is 1. The van der Waals surface area contributed by atoms with E-state index in [-0.39, 0.29) is 5.91 Å². The van der Waals surface area contributed by atoms with Crippen LogP contribution < -0.4 is 14.8 Å². The van der Waals surface area contributed by atoms with Crippen molar-refractivity contribution in [2.24, 2.45) is 0 Å². The molecule has 0 atom stereocenters. The summed E-state index contributed by atoms with van der Waals surface area (Å²) in [5.74, 6) is 2.41. The van der Waals surface area contributed by atoms with Crippen LogP contribution in [0.3, 0.4) is 0 Å². The number of nitrogens with one attached hydrogen (secondary N) is 2. The molecule has 0 bridgehead atoms. The van der Waals surface area contributed by atoms with Gasteiger partial charge in [-0.2, -0.15) is 5.10 Å². The van der Waals surface area contributed by atoms with E-state index >= 15 is 0 Å². The van der Waals surface area contributed by atoms with E-state index in [0.29, 0.717) is 29.6 Å². The van der Waals surface area contributed by atoms with Crippen LogP contribution in [-0.2, 0) is 4.79 Å². The number of nitrogens with zero attached hydrogens (tertiary/aromatic N) is 2. The molecule has 0 unspecified atom stereocenters. The van der Waals surface area contributed by atoms with Crippen molar-refractivity contribution in [1.29, 1.82) is 0 Å². The maximum atomic E-state index is 12.3. The fourth-order valence-corrected chi connectivity index (χ4v) is 2.68. The van der Waals surface area contributed by atoms with Crippen LogP contribution in [0.2, 0.25) is 0 Å². The van der Waals surface area contributed by atoms with Gasteiger partial charge >= 0.3 is 0 Å². The Morgan fingerprint density at radius 1 is 1.21 bits per heavy atom. The number of amides is 1. The number of hydrogen-bond donors (Lipinski definition) is 2. The number of ether oxygens (including phenoxy) is 2. The van der Waals surface area contributed by atoms with E-state index in [0.717, 1.165) is 23.4 Å². The van der Waals surface area contributed by atoms with Gasteiger partial charge in [-0.15, -0.1) is 0 Å². The summed E-state index contributed by atoms with van der Waals surface area (Å²) >= 11 is 0. The predicted octanol–water partition coefficient (Wildman–Crippen LogP) is 4.23. The minimum atomic E-state index is -0.237. The Balaban J connectivity index is 1.67. The van der Waals surface area contributed by atoms with E-state index in [1.807, 2.05) is 56.3 Å². The molecule has 1 amide bonds. The molecular formula is C22H24N4O3. The molecule has 3 aromatic rings. The molecule has 0 fully saturated rings. The molecule has 0 saturated carbocycles. The highest BCUT2D eigenvalue weighted by molar-refractivity contribution is 6.02. The first kappa shape index (κ1) is 20.1. The number of aromatic nitrogens is 3. The van der Waals surface area contributed by atoms with E-state index in [9.17, 15) is 4.79 Å². The van der Waals surface area contributed by atoms with Gasteiger partial charge in [0, 0.05) is 17.3 Å². The van der Waals surface area contributed by atoms with E-state index in [1.165, 1.54) is 6.08 Å². The largest absolute Gasteiger partial charge is 0.493 e. The van der Waals surface area contributed by atoms with Gasteiger partial charge in [0.05, 0.1) is 13.7 Å². The van der Waals surface area contributed by atoms with Crippen molar-refractivity contribution in [3.63, 3.8) is 0 Å². The highest BCUT2D eigenvalue weighted by Crippen LogP contribution is 2.28. The maximum Gasteiger partial charge on any atom is 0.248 e. The third kappa shape index (κ3) is 5.44. The van der Waals surface area contributed by atoms with Gasteiger partial charge in [-0.25, -0.2) is 4.98 Å². The standard InChI is InChI=1S/C22H24N4O3/c1-4-12-29-19-10-8-16(13-20(19)28-3)9-11-21(27)24-18-7-5-6-17(14-18)22-23-15(2)25-26-22/h5-11,13-14H,4,12H2,1-3H3,(H,24,27)(H,23,25,26)/b11-9+. The number of aryl methyl sites for hydroxylation is 1. The van der Waals surface area contributed by atoms with E-state index < -0.39 is 0 Å². The van der Waals surface area contributed by atoms with Gasteiger partial charge in [0.25, 0.3) is 0 Å². The number of aromatic amines is 1. The molecule has 0 saturated heterocycles. The number of benzene rings is 2. The smallest absolute Gasteiger partial charge is 0.248 e. The molecule has 150 valence electrons. The number of hydrogen-bond acceptors (Lipinski definition) is 5. The van der Waals surface area contributed by atoms with Crippen LogP contribution in [-0.4, -0.2) is 34.8 Å². The highest BCUT2D eigenvalue weighted by atomic mass is 16.5. The Morgan fingerprint density at radius 2 is 2.07 bits per heavy atom. The topological polar surface area (TPSA) is 89.1 Å². The predicted molar refractivity (Wildman–Crippen MR) is 113 cm³/mol. The van der Waals surface area contributed by atoms with E-state index in [4.69, 9.17) is 9.47 Å². The van der Waals surface area contributed by atoms with Crippen LogP contribution in [0.15, 0.2) is 48.5 Å². The van der Waals surface area contributed by atoms with Crippen LogP contribution in [0.1, 0.15) is 24.7 Å². The first-order valence-corrected chi connectivity index (χ1v) is 9.38. The second-order valence-electron chi connectivity index (χ2n) is 6.41. The molecule has 3 rings (SSSR count). The van der Waals surface area contributed by atoms with Crippen LogP contribution in [0.25, 0.3) is 17.5 Å². The van der Waals surface area contributed by atoms with Gasteiger partial charge in [0.2, 0.25) is 5.91 Å². The van der Waals surface area contributed by atoms with Crippen molar-refractivity contribution < 1.29 is 14.3 Å². The maximum absolute atomic E-state index is 12.3. The summed E-state index contributed by atoms with van der Waals surface area (Å²) < 4.78 is 11.0. The normalized spacial score (nSPS) is 10.9. The van der Waals surface area contributed by atoms with Crippen LogP contribution in [0.4, 0.5) is 5.69 Å². The van der Waals surface area contributed by atoms with Crippen molar-refractivity contribution in [3.05, 3.63) is 59.9 Å². The number of anilines is 1. The molecule has 2 aromatic carbocycles. The Labute approximate surface area is 169 Å². The van der Waals surface area contributed by atoms with E-state index in [2.05, 4.69) is 20.5 Å². The lowest BCUT2D eigenvalue weighted by molar-refractivity contribution is -0.111. The Kier molecular flexibility index (Phi) is 6.63. The summed E-state index contributed by atoms with van der Waals surface area (Å²) in [6.45, 7) is 4.51. The average molecular weight is 392 g/mol. The third-order valence-corrected chi connectivity index (χ3v) is 4.06. The molecule has 1 heterocycles. The Hall–Kier alpha value is -3.61. The van der Waals surface area contributed by atoms with Crippen molar-refractivity contribution in [3.8, 4) is 22.9 Å². The molecule has 0 spiro atoms. The summed E-state index contributed by atoms with van der Waals surface area (Å²) in [6.07, 6.45) is 4.12. The lowest BCUT2D eigenvalue weighted by atomic mass is 10.1.